The summed E-state index contributed by atoms with van der Waals surface area (Å²) in [5.74, 6) is -0.423. The maximum Gasteiger partial charge on any atom is 0.306 e. The van der Waals surface area contributed by atoms with Crippen LogP contribution in [0.2, 0.25) is 0 Å². The molecule has 64 heavy (non-hydrogen) atoms. The topological polar surface area (TPSA) is 61.8 Å². The third-order valence-corrected chi connectivity index (χ3v) is 12.0. The minimum atomic E-state index is -0.549. The fourth-order valence-corrected chi connectivity index (χ4v) is 7.92. The molecule has 0 saturated carbocycles. The van der Waals surface area contributed by atoms with Crippen molar-refractivity contribution in [2.75, 3.05) is 19.8 Å². The predicted octanol–water partition coefficient (Wildman–Crippen LogP) is 18.9. The summed E-state index contributed by atoms with van der Waals surface area (Å²) in [4.78, 5) is 25.4. The first-order valence-corrected chi connectivity index (χ1v) is 27.8. The van der Waals surface area contributed by atoms with E-state index in [0.717, 1.165) is 89.9 Å². The van der Waals surface area contributed by atoms with E-state index in [0.29, 0.717) is 19.4 Å². The summed E-state index contributed by atoms with van der Waals surface area (Å²) in [7, 11) is 0. The minimum Gasteiger partial charge on any atom is -0.462 e. The van der Waals surface area contributed by atoms with E-state index in [4.69, 9.17) is 14.2 Å². The molecule has 0 radical (unpaired) electrons. The van der Waals surface area contributed by atoms with Crippen LogP contribution >= 0.6 is 0 Å². The van der Waals surface area contributed by atoms with Crippen LogP contribution in [0.4, 0.5) is 0 Å². The van der Waals surface area contributed by atoms with E-state index >= 15 is 0 Å². The Balaban J connectivity index is 4.23. The van der Waals surface area contributed by atoms with Gasteiger partial charge in [0.1, 0.15) is 6.61 Å². The Hall–Kier alpha value is -2.40. The van der Waals surface area contributed by atoms with Gasteiger partial charge in [0.25, 0.3) is 0 Å². The third kappa shape index (κ3) is 52.2. The molecule has 0 N–H and O–H groups in total. The SMILES string of the molecule is CC/C=C\C/C=C\C/C=C\CCCCCCCC(=O)OCC(COCCCCCCCCCCCCCCCCCCCCCC)OC(=O)CCCCCCC/C=C\C/C=C\CCC. The van der Waals surface area contributed by atoms with Crippen molar-refractivity contribution in [2.45, 2.75) is 284 Å². The van der Waals surface area contributed by atoms with Crippen molar-refractivity contribution in [1.29, 1.82) is 0 Å². The first-order valence-electron chi connectivity index (χ1n) is 27.8. The largest absolute Gasteiger partial charge is 0.462 e. The number of hydrogen-bond acceptors (Lipinski definition) is 5. The monoisotopic (exact) mass is 895 g/mol. The molecule has 0 amide bonds. The maximum atomic E-state index is 12.8. The second-order valence-corrected chi connectivity index (χ2v) is 18.5. The van der Waals surface area contributed by atoms with Crippen molar-refractivity contribution < 1.29 is 23.8 Å². The van der Waals surface area contributed by atoms with Crippen molar-refractivity contribution in [3.05, 3.63) is 60.8 Å². The maximum absolute atomic E-state index is 12.8. The zero-order chi connectivity index (χ0) is 46.3. The lowest BCUT2D eigenvalue weighted by atomic mass is 10.0. The average Bonchev–Trinajstić information content (AvgIpc) is 3.30. The van der Waals surface area contributed by atoms with Crippen LogP contribution in [0, 0.1) is 0 Å². The van der Waals surface area contributed by atoms with E-state index in [2.05, 4.69) is 81.5 Å². The number of carbonyl (C=O) groups is 2. The Morgan fingerprint density at radius 3 is 1.19 bits per heavy atom. The van der Waals surface area contributed by atoms with Gasteiger partial charge < -0.3 is 14.2 Å². The summed E-state index contributed by atoms with van der Waals surface area (Å²) in [5.41, 5.74) is 0. The third-order valence-electron chi connectivity index (χ3n) is 12.0. The fraction of sp³-hybridized carbons (Fsp3) is 0.797. The lowest BCUT2D eigenvalue weighted by Crippen LogP contribution is -2.30. The van der Waals surface area contributed by atoms with Gasteiger partial charge >= 0.3 is 11.9 Å². The smallest absolute Gasteiger partial charge is 0.306 e. The van der Waals surface area contributed by atoms with Gasteiger partial charge in [0.15, 0.2) is 6.10 Å². The standard InChI is InChI=1S/C59H106O5/c1-4-7-10-13-16-19-22-25-27-28-29-30-31-33-36-39-42-45-48-51-54-62-55-57(64-59(61)53-50-47-44-41-38-34-24-21-18-15-12-9-6-3)56-63-58(60)52-49-46-43-40-37-35-32-26-23-20-17-14-11-8-5-2/h8,11-12,15,17,20-21,24,26,32,57H,4-7,9-10,13-14,16,18-19,22-23,25,27-31,33-56H2,1-3H3/b11-8-,15-12-,20-17-,24-21-,32-26-. The first-order chi connectivity index (χ1) is 31.6. The molecule has 0 bridgehead atoms. The summed E-state index contributed by atoms with van der Waals surface area (Å²) in [6, 6.07) is 0. The highest BCUT2D eigenvalue weighted by molar-refractivity contribution is 5.70. The quantitative estimate of drug-likeness (QED) is 0.0346. The number of esters is 2. The van der Waals surface area contributed by atoms with Crippen molar-refractivity contribution in [3.63, 3.8) is 0 Å². The number of carbonyl (C=O) groups excluding carboxylic acids is 2. The minimum absolute atomic E-state index is 0.0721. The van der Waals surface area contributed by atoms with Crippen molar-refractivity contribution in [2.24, 2.45) is 0 Å². The molecular formula is C59H106O5. The van der Waals surface area contributed by atoms with Gasteiger partial charge in [0, 0.05) is 19.4 Å². The van der Waals surface area contributed by atoms with Crippen LogP contribution in [0.15, 0.2) is 60.8 Å². The molecule has 0 aliphatic carbocycles. The lowest BCUT2D eigenvalue weighted by Gasteiger charge is -2.18. The molecule has 0 aromatic heterocycles. The predicted molar refractivity (Wildman–Crippen MR) is 279 cm³/mol. The zero-order valence-corrected chi connectivity index (χ0v) is 42.8. The van der Waals surface area contributed by atoms with E-state index < -0.39 is 6.10 Å². The summed E-state index contributed by atoms with van der Waals surface area (Å²) in [6.45, 7) is 7.66. The number of unbranched alkanes of at least 4 members (excludes halogenated alkanes) is 30. The van der Waals surface area contributed by atoms with E-state index in [1.165, 1.54) is 154 Å². The normalized spacial score (nSPS) is 12.6. The molecule has 0 aliphatic rings. The summed E-state index contributed by atoms with van der Waals surface area (Å²) in [5, 5.41) is 0. The van der Waals surface area contributed by atoms with Crippen LogP contribution in [-0.2, 0) is 23.8 Å². The van der Waals surface area contributed by atoms with Gasteiger partial charge in [0.05, 0.1) is 6.61 Å². The molecule has 0 spiro atoms. The molecule has 0 aliphatic heterocycles. The van der Waals surface area contributed by atoms with Crippen LogP contribution in [0.5, 0.6) is 0 Å². The number of rotatable bonds is 51. The van der Waals surface area contributed by atoms with Crippen LogP contribution in [-0.4, -0.2) is 37.9 Å². The Bertz CT molecular complexity index is 1100. The number of hydrogen-bond donors (Lipinski definition) is 0. The van der Waals surface area contributed by atoms with E-state index in [1.54, 1.807) is 0 Å². The van der Waals surface area contributed by atoms with Crippen LogP contribution in [0.3, 0.4) is 0 Å². The van der Waals surface area contributed by atoms with Crippen LogP contribution < -0.4 is 0 Å². The molecule has 0 saturated heterocycles. The second-order valence-electron chi connectivity index (χ2n) is 18.5. The van der Waals surface area contributed by atoms with Gasteiger partial charge in [-0.15, -0.1) is 0 Å². The molecule has 5 heteroatoms. The van der Waals surface area contributed by atoms with E-state index in [1.807, 2.05) is 0 Å². The van der Waals surface area contributed by atoms with Crippen LogP contribution in [0.25, 0.3) is 0 Å². The average molecular weight is 895 g/mol. The molecule has 0 aromatic carbocycles. The first kappa shape index (κ1) is 61.6. The van der Waals surface area contributed by atoms with Gasteiger partial charge in [-0.25, -0.2) is 0 Å². The van der Waals surface area contributed by atoms with Gasteiger partial charge in [-0.2, -0.15) is 0 Å². The Morgan fingerprint density at radius 1 is 0.359 bits per heavy atom. The molecule has 1 atom stereocenters. The number of allylic oxidation sites excluding steroid dienone is 10. The molecule has 0 aromatic rings. The van der Waals surface area contributed by atoms with Crippen molar-refractivity contribution in [3.8, 4) is 0 Å². The number of ether oxygens (including phenoxy) is 3. The molecule has 1 unspecified atom stereocenters. The van der Waals surface area contributed by atoms with Gasteiger partial charge in [0.2, 0.25) is 0 Å². The van der Waals surface area contributed by atoms with Crippen molar-refractivity contribution >= 4 is 11.9 Å². The highest BCUT2D eigenvalue weighted by atomic mass is 16.6. The molecule has 372 valence electrons. The Labute approximate surface area is 398 Å². The van der Waals surface area contributed by atoms with Crippen LogP contribution in [0.1, 0.15) is 278 Å². The second kappa shape index (κ2) is 54.9. The highest BCUT2D eigenvalue weighted by Crippen LogP contribution is 2.16. The Morgan fingerprint density at radius 2 is 0.734 bits per heavy atom. The van der Waals surface area contributed by atoms with E-state index in [-0.39, 0.29) is 25.2 Å². The highest BCUT2D eigenvalue weighted by Gasteiger charge is 2.17. The summed E-state index contributed by atoms with van der Waals surface area (Å²) < 4.78 is 17.4. The van der Waals surface area contributed by atoms with Crippen molar-refractivity contribution in [1.82, 2.24) is 0 Å². The molecular weight excluding hydrogens is 789 g/mol. The molecule has 5 nitrogen and oxygen atoms in total. The van der Waals surface area contributed by atoms with Gasteiger partial charge in [-0.1, -0.05) is 248 Å². The van der Waals surface area contributed by atoms with Gasteiger partial charge in [-0.3, -0.25) is 9.59 Å². The fourth-order valence-electron chi connectivity index (χ4n) is 7.92. The molecule has 0 heterocycles. The zero-order valence-electron chi connectivity index (χ0n) is 42.8. The van der Waals surface area contributed by atoms with E-state index in [9.17, 15) is 9.59 Å². The summed E-state index contributed by atoms with van der Waals surface area (Å²) >= 11 is 0. The molecule has 0 fully saturated rings. The van der Waals surface area contributed by atoms with Gasteiger partial charge in [-0.05, 0) is 77.0 Å². The summed E-state index contributed by atoms with van der Waals surface area (Å²) in [6.07, 6.45) is 69.6. The Kier molecular flexibility index (Phi) is 52.9. The molecule has 0 rings (SSSR count). The lowest BCUT2D eigenvalue weighted by molar-refractivity contribution is -0.163.